The van der Waals surface area contributed by atoms with Crippen LogP contribution in [0.3, 0.4) is 0 Å². The summed E-state index contributed by atoms with van der Waals surface area (Å²) in [6, 6.07) is 9.10. The molecule has 0 unspecified atom stereocenters. The fourth-order valence-electron chi connectivity index (χ4n) is 5.24. The first-order chi connectivity index (χ1) is 16.6. The average molecular weight is 483 g/mol. The van der Waals surface area contributed by atoms with Crippen molar-refractivity contribution in [1.82, 2.24) is 20.2 Å². The standard InChI is InChI=1S/C25H34N6O4/c1-14-10-15(2)21(16(3)11-14)31(13-20-27-29-30(5)28-20)22-18-12-17(26)8-9-19(18)35-25(4,23(22)32)24(33-6)34-7/h8-12,22-24,32H,13,26H2,1-7H3/t22-,23+,25-/m0/s1. The van der Waals surface area contributed by atoms with Gasteiger partial charge in [0.1, 0.15) is 11.9 Å². The Morgan fingerprint density at radius 1 is 1.17 bits per heavy atom. The first-order valence-corrected chi connectivity index (χ1v) is 11.5. The number of aryl methyl sites for hydroxylation is 4. The number of fused-ring (bicyclic) bond motifs is 1. The van der Waals surface area contributed by atoms with E-state index >= 15 is 0 Å². The van der Waals surface area contributed by atoms with Gasteiger partial charge in [0.15, 0.2) is 17.7 Å². The number of tetrazole rings is 1. The van der Waals surface area contributed by atoms with Gasteiger partial charge in [-0.15, -0.1) is 10.2 Å². The van der Waals surface area contributed by atoms with E-state index in [2.05, 4.69) is 53.2 Å². The number of methoxy groups -OCH3 is 2. The summed E-state index contributed by atoms with van der Waals surface area (Å²) in [4.78, 5) is 3.53. The van der Waals surface area contributed by atoms with E-state index in [1.807, 2.05) is 12.1 Å². The maximum atomic E-state index is 12.0. The van der Waals surface area contributed by atoms with Crippen molar-refractivity contribution in [2.75, 3.05) is 24.9 Å². The van der Waals surface area contributed by atoms with Crippen molar-refractivity contribution in [3.8, 4) is 5.75 Å². The first-order valence-electron chi connectivity index (χ1n) is 11.5. The monoisotopic (exact) mass is 482 g/mol. The molecule has 0 amide bonds. The van der Waals surface area contributed by atoms with Gasteiger partial charge in [-0.25, -0.2) is 0 Å². The predicted octanol–water partition coefficient (Wildman–Crippen LogP) is 2.60. The minimum atomic E-state index is -1.22. The van der Waals surface area contributed by atoms with E-state index in [1.54, 1.807) is 20.0 Å². The molecule has 0 spiro atoms. The number of ether oxygens (including phenoxy) is 3. The van der Waals surface area contributed by atoms with Crippen LogP contribution in [0.15, 0.2) is 30.3 Å². The summed E-state index contributed by atoms with van der Waals surface area (Å²) in [5.41, 5.74) is 10.5. The van der Waals surface area contributed by atoms with Crippen LogP contribution in [-0.4, -0.2) is 57.5 Å². The quantitative estimate of drug-likeness (QED) is 0.387. The van der Waals surface area contributed by atoms with Crippen LogP contribution in [0, 0.1) is 20.8 Å². The maximum Gasteiger partial charge on any atom is 0.199 e. The second-order valence-electron chi connectivity index (χ2n) is 9.35. The van der Waals surface area contributed by atoms with Crippen LogP contribution >= 0.6 is 0 Å². The molecule has 2 heterocycles. The molecule has 0 fully saturated rings. The van der Waals surface area contributed by atoms with E-state index in [4.69, 9.17) is 19.9 Å². The molecule has 1 aliphatic rings. The number of hydrogen-bond acceptors (Lipinski definition) is 9. The van der Waals surface area contributed by atoms with Gasteiger partial charge in [0.25, 0.3) is 0 Å². The topological polar surface area (TPSA) is 121 Å². The van der Waals surface area contributed by atoms with E-state index in [9.17, 15) is 5.11 Å². The minimum absolute atomic E-state index is 0.301. The van der Waals surface area contributed by atoms with E-state index in [1.165, 1.54) is 19.0 Å². The molecule has 0 saturated carbocycles. The number of hydrogen-bond donors (Lipinski definition) is 2. The summed E-state index contributed by atoms with van der Waals surface area (Å²) in [5.74, 6) is 1.11. The third kappa shape index (κ3) is 4.44. The number of nitrogens with two attached hydrogens (primary N) is 1. The first kappa shape index (κ1) is 24.9. The average Bonchev–Trinajstić information content (AvgIpc) is 3.19. The van der Waals surface area contributed by atoms with E-state index in [0.29, 0.717) is 23.8 Å². The summed E-state index contributed by atoms with van der Waals surface area (Å²) in [6.45, 7) is 8.27. The highest BCUT2D eigenvalue weighted by molar-refractivity contribution is 5.64. The zero-order chi connectivity index (χ0) is 25.5. The highest BCUT2D eigenvalue weighted by atomic mass is 16.7. The van der Waals surface area contributed by atoms with Crippen LogP contribution in [0.1, 0.15) is 41.0 Å². The molecule has 1 aromatic heterocycles. The zero-order valence-electron chi connectivity index (χ0n) is 21.3. The Morgan fingerprint density at radius 3 is 2.40 bits per heavy atom. The summed E-state index contributed by atoms with van der Waals surface area (Å²) >= 11 is 0. The van der Waals surface area contributed by atoms with Crippen molar-refractivity contribution in [3.05, 3.63) is 58.4 Å². The lowest BCUT2D eigenvalue weighted by atomic mass is 9.82. The van der Waals surface area contributed by atoms with Gasteiger partial charge in [0, 0.05) is 31.2 Å². The largest absolute Gasteiger partial charge is 0.479 e. The number of aromatic nitrogens is 4. The van der Waals surface area contributed by atoms with Crippen LogP contribution in [0.4, 0.5) is 11.4 Å². The van der Waals surface area contributed by atoms with Crippen LogP contribution in [0.5, 0.6) is 5.75 Å². The molecule has 3 atom stereocenters. The number of nitrogens with zero attached hydrogens (tertiary/aromatic N) is 5. The number of rotatable bonds is 7. The lowest BCUT2D eigenvalue weighted by Crippen LogP contribution is -2.62. The van der Waals surface area contributed by atoms with Crippen LogP contribution in [0.25, 0.3) is 0 Å². The lowest BCUT2D eigenvalue weighted by Gasteiger charge is -2.50. The highest BCUT2D eigenvalue weighted by Gasteiger charge is 2.54. The van der Waals surface area contributed by atoms with Crippen LogP contribution < -0.4 is 15.4 Å². The van der Waals surface area contributed by atoms with Crippen molar-refractivity contribution in [2.45, 2.75) is 58.3 Å². The number of anilines is 2. The van der Waals surface area contributed by atoms with E-state index in [0.717, 1.165) is 27.9 Å². The van der Waals surface area contributed by atoms with Gasteiger partial charge in [-0.05, 0) is 62.2 Å². The van der Waals surface area contributed by atoms with Crippen molar-refractivity contribution < 1.29 is 19.3 Å². The van der Waals surface area contributed by atoms with Gasteiger partial charge < -0.3 is 30.0 Å². The molecule has 2 aromatic carbocycles. The fourth-order valence-corrected chi connectivity index (χ4v) is 5.24. The Labute approximate surface area is 205 Å². The molecule has 188 valence electrons. The van der Waals surface area contributed by atoms with Crippen molar-refractivity contribution in [1.29, 1.82) is 0 Å². The number of aliphatic hydroxyl groups excluding tert-OH is 1. The molecular formula is C25H34N6O4. The SMILES string of the molecule is COC(OC)[C@@]1(C)Oc2ccc(N)cc2[C@H](N(Cc2nnn(C)n2)c2c(C)cc(C)cc2C)[C@H]1O. The summed E-state index contributed by atoms with van der Waals surface area (Å²) in [7, 11) is 4.78. The molecule has 3 aromatic rings. The van der Waals surface area contributed by atoms with Gasteiger partial charge >= 0.3 is 0 Å². The second kappa shape index (κ2) is 9.44. The molecular weight excluding hydrogens is 448 g/mol. The Kier molecular flexibility index (Phi) is 6.72. The highest BCUT2D eigenvalue weighted by Crippen LogP contribution is 2.48. The van der Waals surface area contributed by atoms with Gasteiger partial charge in [0.05, 0.1) is 19.6 Å². The van der Waals surface area contributed by atoms with Crippen molar-refractivity contribution >= 4 is 11.4 Å². The van der Waals surface area contributed by atoms with E-state index < -0.39 is 24.0 Å². The maximum absolute atomic E-state index is 12.0. The van der Waals surface area contributed by atoms with E-state index in [-0.39, 0.29) is 0 Å². The normalized spacial score (nSPS) is 21.6. The van der Waals surface area contributed by atoms with Crippen molar-refractivity contribution in [3.63, 3.8) is 0 Å². The number of aliphatic hydroxyl groups is 1. The number of benzene rings is 2. The molecule has 4 rings (SSSR count). The predicted molar refractivity (Wildman–Crippen MR) is 132 cm³/mol. The number of nitrogen functional groups attached to an aromatic ring is 1. The van der Waals surface area contributed by atoms with Crippen molar-refractivity contribution in [2.24, 2.45) is 7.05 Å². The lowest BCUT2D eigenvalue weighted by molar-refractivity contribution is -0.237. The van der Waals surface area contributed by atoms with Gasteiger partial charge in [-0.1, -0.05) is 17.7 Å². The Balaban J connectivity index is 1.96. The van der Waals surface area contributed by atoms with Crippen LogP contribution in [0.2, 0.25) is 0 Å². The third-order valence-corrected chi connectivity index (χ3v) is 6.58. The Morgan fingerprint density at radius 2 is 1.83 bits per heavy atom. The molecule has 10 heteroatoms. The molecule has 10 nitrogen and oxygen atoms in total. The smallest absolute Gasteiger partial charge is 0.199 e. The summed E-state index contributed by atoms with van der Waals surface area (Å²) in [5, 5.41) is 24.6. The summed E-state index contributed by atoms with van der Waals surface area (Å²) < 4.78 is 17.5. The summed E-state index contributed by atoms with van der Waals surface area (Å²) in [6.07, 6.45) is -1.90. The molecule has 35 heavy (non-hydrogen) atoms. The van der Waals surface area contributed by atoms with Gasteiger partial charge in [0.2, 0.25) is 0 Å². The Hall–Kier alpha value is -3.21. The zero-order valence-corrected chi connectivity index (χ0v) is 21.3. The molecule has 0 bridgehead atoms. The molecule has 0 saturated heterocycles. The molecule has 1 aliphatic heterocycles. The molecule has 0 aliphatic carbocycles. The van der Waals surface area contributed by atoms with Gasteiger partial charge in [-0.2, -0.15) is 4.80 Å². The Bertz CT molecular complexity index is 1190. The molecule has 0 radical (unpaired) electrons. The minimum Gasteiger partial charge on any atom is -0.479 e. The molecule has 3 N–H and O–H groups in total. The van der Waals surface area contributed by atoms with Crippen LogP contribution in [-0.2, 0) is 23.1 Å². The fraction of sp³-hybridized carbons (Fsp3) is 0.480. The second-order valence-corrected chi connectivity index (χ2v) is 9.35. The third-order valence-electron chi connectivity index (χ3n) is 6.58. The van der Waals surface area contributed by atoms with Gasteiger partial charge in [-0.3, -0.25) is 0 Å².